The summed E-state index contributed by atoms with van der Waals surface area (Å²) in [6.45, 7) is 2.84. The second-order valence-electron chi connectivity index (χ2n) is 6.13. The SMILES string of the molecule is COc1ccccc1C(=O)N1CCCN(c2ncnc3nc[nH]c23)CC1. The maximum atomic E-state index is 12.9. The lowest BCUT2D eigenvalue weighted by atomic mass is 10.1. The van der Waals surface area contributed by atoms with Crippen LogP contribution in [0.25, 0.3) is 11.2 Å². The minimum Gasteiger partial charge on any atom is -0.496 e. The Bertz CT molecular complexity index is 925. The number of anilines is 1. The number of hydrogen-bond donors (Lipinski definition) is 1. The zero-order valence-electron chi connectivity index (χ0n) is 14.6. The molecule has 26 heavy (non-hydrogen) atoms. The number of hydrogen-bond acceptors (Lipinski definition) is 6. The van der Waals surface area contributed by atoms with Gasteiger partial charge in [0.1, 0.15) is 17.6 Å². The lowest BCUT2D eigenvalue weighted by Crippen LogP contribution is -2.35. The van der Waals surface area contributed by atoms with E-state index in [4.69, 9.17) is 4.74 Å². The second-order valence-corrected chi connectivity index (χ2v) is 6.13. The number of carbonyl (C=O) groups excluding carboxylic acids is 1. The van der Waals surface area contributed by atoms with Crippen LogP contribution in [-0.2, 0) is 0 Å². The van der Waals surface area contributed by atoms with Crippen molar-refractivity contribution in [2.24, 2.45) is 0 Å². The van der Waals surface area contributed by atoms with Crippen LogP contribution in [0.1, 0.15) is 16.8 Å². The van der Waals surface area contributed by atoms with Gasteiger partial charge in [-0.15, -0.1) is 0 Å². The Morgan fingerprint density at radius 3 is 2.88 bits per heavy atom. The molecule has 1 N–H and O–H groups in total. The number of nitrogens with zero attached hydrogens (tertiary/aromatic N) is 5. The fourth-order valence-corrected chi connectivity index (χ4v) is 3.32. The molecule has 134 valence electrons. The van der Waals surface area contributed by atoms with Crippen LogP contribution in [0.15, 0.2) is 36.9 Å². The van der Waals surface area contributed by atoms with E-state index in [0.29, 0.717) is 36.6 Å². The van der Waals surface area contributed by atoms with E-state index in [1.807, 2.05) is 29.2 Å². The van der Waals surface area contributed by atoms with E-state index in [0.717, 1.165) is 24.3 Å². The molecule has 1 aromatic carbocycles. The zero-order valence-corrected chi connectivity index (χ0v) is 14.6. The van der Waals surface area contributed by atoms with Gasteiger partial charge >= 0.3 is 0 Å². The molecule has 2 aromatic heterocycles. The molecule has 8 heteroatoms. The maximum Gasteiger partial charge on any atom is 0.257 e. The number of aromatic nitrogens is 4. The average molecular weight is 352 g/mol. The average Bonchev–Trinajstić information content (AvgIpc) is 3.04. The van der Waals surface area contributed by atoms with Crippen LogP contribution in [0.3, 0.4) is 0 Å². The van der Waals surface area contributed by atoms with Crippen molar-refractivity contribution < 1.29 is 9.53 Å². The number of ether oxygens (including phenoxy) is 1. The molecule has 0 atom stereocenters. The Labute approximate surface area is 150 Å². The number of H-pyrrole nitrogens is 1. The van der Waals surface area contributed by atoms with Crippen molar-refractivity contribution in [1.29, 1.82) is 0 Å². The molecule has 1 fully saturated rings. The lowest BCUT2D eigenvalue weighted by molar-refractivity contribution is 0.0763. The molecule has 1 aliphatic heterocycles. The van der Waals surface area contributed by atoms with Crippen LogP contribution < -0.4 is 9.64 Å². The number of rotatable bonds is 3. The van der Waals surface area contributed by atoms with Crippen molar-refractivity contribution in [3.63, 3.8) is 0 Å². The summed E-state index contributed by atoms with van der Waals surface area (Å²) in [6, 6.07) is 7.34. The van der Waals surface area contributed by atoms with Gasteiger partial charge in [-0.3, -0.25) is 4.79 Å². The Morgan fingerprint density at radius 1 is 1.12 bits per heavy atom. The van der Waals surface area contributed by atoms with Gasteiger partial charge < -0.3 is 19.5 Å². The third-order valence-electron chi connectivity index (χ3n) is 4.62. The first kappa shape index (κ1) is 16.3. The van der Waals surface area contributed by atoms with Crippen molar-refractivity contribution in [2.45, 2.75) is 6.42 Å². The third-order valence-corrected chi connectivity index (χ3v) is 4.62. The number of nitrogens with one attached hydrogen (secondary N) is 1. The minimum atomic E-state index is -0.00123. The van der Waals surface area contributed by atoms with Crippen molar-refractivity contribution in [2.75, 3.05) is 38.2 Å². The number of fused-ring (bicyclic) bond motifs is 1. The number of amides is 1. The van der Waals surface area contributed by atoms with Crippen LogP contribution in [0.2, 0.25) is 0 Å². The summed E-state index contributed by atoms with van der Waals surface area (Å²) in [5.41, 5.74) is 2.08. The van der Waals surface area contributed by atoms with Gasteiger partial charge in [0.05, 0.1) is 19.0 Å². The minimum absolute atomic E-state index is 0.00123. The third kappa shape index (κ3) is 2.94. The second kappa shape index (κ2) is 6.99. The number of imidazole rings is 1. The van der Waals surface area contributed by atoms with Gasteiger partial charge in [0.15, 0.2) is 11.5 Å². The molecule has 3 aromatic rings. The number of para-hydroxylation sites is 1. The fraction of sp³-hybridized carbons (Fsp3) is 0.333. The molecule has 0 saturated carbocycles. The molecule has 1 aliphatic rings. The molecule has 0 spiro atoms. The Kier molecular flexibility index (Phi) is 4.39. The summed E-state index contributed by atoms with van der Waals surface area (Å²) in [5.74, 6) is 1.44. The predicted octanol–water partition coefficient (Wildman–Crippen LogP) is 1.71. The largest absolute Gasteiger partial charge is 0.496 e. The quantitative estimate of drug-likeness (QED) is 0.772. The molecule has 4 rings (SSSR count). The van der Waals surface area contributed by atoms with Crippen molar-refractivity contribution in [1.82, 2.24) is 24.8 Å². The van der Waals surface area contributed by atoms with Crippen molar-refractivity contribution in [3.8, 4) is 5.75 Å². The van der Waals surface area contributed by atoms with Gasteiger partial charge in [-0.05, 0) is 18.6 Å². The molecule has 1 saturated heterocycles. The predicted molar refractivity (Wildman–Crippen MR) is 97.4 cm³/mol. The molecule has 8 nitrogen and oxygen atoms in total. The highest BCUT2D eigenvalue weighted by Crippen LogP contribution is 2.23. The van der Waals surface area contributed by atoms with Gasteiger partial charge in [-0.2, -0.15) is 0 Å². The van der Waals surface area contributed by atoms with E-state index in [-0.39, 0.29) is 5.91 Å². The molecular weight excluding hydrogens is 332 g/mol. The van der Waals surface area contributed by atoms with Gasteiger partial charge in [0.2, 0.25) is 0 Å². The fourth-order valence-electron chi connectivity index (χ4n) is 3.32. The first-order valence-electron chi connectivity index (χ1n) is 8.59. The molecule has 1 amide bonds. The normalized spacial score (nSPS) is 15.1. The first-order valence-corrected chi connectivity index (χ1v) is 8.59. The topological polar surface area (TPSA) is 87.2 Å². The van der Waals surface area contributed by atoms with Gasteiger partial charge in [0, 0.05) is 26.2 Å². The summed E-state index contributed by atoms with van der Waals surface area (Å²) < 4.78 is 5.33. The summed E-state index contributed by atoms with van der Waals surface area (Å²) in [7, 11) is 1.58. The van der Waals surface area contributed by atoms with Gasteiger partial charge in [-0.1, -0.05) is 12.1 Å². The Morgan fingerprint density at radius 2 is 2.00 bits per heavy atom. The summed E-state index contributed by atoms with van der Waals surface area (Å²) in [6.07, 6.45) is 4.01. The standard InChI is InChI=1S/C18H20N6O2/c1-26-14-6-3-2-5-13(14)18(25)24-8-4-7-23(9-10-24)17-15-16(20-11-19-15)21-12-22-17/h2-3,5-6,11-12H,4,7-10H2,1H3,(H,19,20,21,22). The highest BCUT2D eigenvalue weighted by atomic mass is 16.5. The van der Waals surface area contributed by atoms with Crippen LogP contribution in [0.5, 0.6) is 5.75 Å². The van der Waals surface area contributed by atoms with Crippen molar-refractivity contribution >= 4 is 22.9 Å². The van der Waals surface area contributed by atoms with E-state index in [9.17, 15) is 4.79 Å². The molecule has 0 aliphatic carbocycles. The van der Waals surface area contributed by atoms with Gasteiger partial charge in [0.25, 0.3) is 5.91 Å². The lowest BCUT2D eigenvalue weighted by Gasteiger charge is -2.23. The summed E-state index contributed by atoms with van der Waals surface area (Å²) in [5, 5.41) is 0. The molecule has 0 bridgehead atoms. The highest BCUT2D eigenvalue weighted by molar-refractivity contribution is 5.97. The smallest absolute Gasteiger partial charge is 0.257 e. The van der Waals surface area contributed by atoms with E-state index in [1.165, 1.54) is 6.33 Å². The summed E-state index contributed by atoms with van der Waals surface area (Å²) in [4.78, 5) is 32.9. The van der Waals surface area contributed by atoms with E-state index in [1.54, 1.807) is 13.4 Å². The number of carbonyl (C=O) groups is 1. The molecule has 0 unspecified atom stereocenters. The summed E-state index contributed by atoms with van der Waals surface area (Å²) >= 11 is 0. The highest BCUT2D eigenvalue weighted by Gasteiger charge is 2.24. The molecular formula is C18H20N6O2. The maximum absolute atomic E-state index is 12.9. The number of methoxy groups -OCH3 is 1. The number of aromatic amines is 1. The monoisotopic (exact) mass is 352 g/mol. The number of benzene rings is 1. The van der Waals surface area contributed by atoms with Gasteiger partial charge in [-0.25, -0.2) is 15.0 Å². The molecule has 0 radical (unpaired) electrons. The van der Waals surface area contributed by atoms with Crippen LogP contribution in [-0.4, -0.2) is 64.0 Å². The first-order chi connectivity index (χ1) is 12.8. The van der Waals surface area contributed by atoms with Crippen molar-refractivity contribution in [3.05, 3.63) is 42.5 Å². The van der Waals surface area contributed by atoms with E-state index in [2.05, 4.69) is 24.8 Å². The Balaban J connectivity index is 1.53. The zero-order chi connectivity index (χ0) is 17.9. The van der Waals surface area contributed by atoms with E-state index >= 15 is 0 Å². The van der Waals surface area contributed by atoms with Crippen LogP contribution in [0, 0.1) is 0 Å². The van der Waals surface area contributed by atoms with Crippen LogP contribution >= 0.6 is 0 Å². The molecule has 3 heterocycles. The van der Waals surface area contributed by atoms with Crippen LogP contribution in [0.4, 0.5) is 5.82 Å². The van der Waals surface area contributed by atoms with E-state index < -0.39 is 0 Å². The Hall–Kier alpha value is -3.16.